The minimum absolute atomic E-state index is 0.0530. The summed E-state index contributed by atoms with van der Waals surface area (Å²) < 4.78 is 24.0. The summed E-state index contributed by atoms with van der Waals surface area (Å²) in [7, 11) is 1.19. The summed E-state index contributed by atoms with van der Waals surface area (Å²) in [6, 6.07) is 2.37. The fourth-order valence-electron chi connectivity index (χ4n) is 2.02. The van der Waals surface area contributed by atoms with Crippen molar-refractivity contribution >= 4 is 17.6 Å². The van der Waals surface area contributed by atoms with Crippen molar-refractivity contribution in [2.75, 3.05) is 7.11 Å². The number of hydrogen-bond acceptors (Lipinski definition) is 3. The van der Waals surface area contributed by atoms with Crippen molar-refractivity contribution in [1.82, 2.24) is 0 Å². The maximum Gasteiger partial charge on any atom is 0.340 e. The Bertz CT molecular complexity index is 477. The smallest absolute Gasteiger partial charge is 0.340 e. The van der Waals surface area contributed by atoms with Crippen LogP contribution < -0.4 is 4.74 Å². The van der Waals surface area contributed by atoms with Gasteiger partial charge in [0.1, 0.15) is 11.6 Å². The van der Waals surface area contributed by atoms with E-state index in [0.29, 0.717) is 0 Å². The zero-order valence-corrected chi connectivity index (χ0v) is 13.5. The molecule has 1 aromatic rings. The van der Waals surface area contributed by atoms with Gasteiger partial charge in [0.15, 0.2) is 0 Å². The Morgan fingerprint density at radius 1 is 1.33 bits per heavy atom. The zero-order chi connectivity index (χ0) is 15.8. The van der Waals surface area contributed by atoms with Crippen LogP contribution in [0.15, 0.2) is 12.1 Å². The molecule has 0 unspecified atom stereocenters. The van der Waals surface area contributed by atoms with E-state index in [2.05, 4.69) is 11.7 Å². The van der Waals surface area contributed by atoms with Gasteiger partial charge in [-0.3, -0.25) is 0 Å². The first-order chi connectivity index (χ1) is 9.99. The zero-order valence-electron chi connectivity index (χ0n) is 12.7. The molecule has 0 saturated carbocycles. The van der Waals surface area contributed by atoms with Crippen LogP contribution in [0.3, 0.4) is 0 Å². The highest BCUT2D eigenvalue weighted by atomic mass is 35.5. The van der Waals surface area contributed by atoms with Gasteiger partial charge in [-0.25, -0.2) is 9.18 Å². The quantitative estimate of drug-likeness (QED) is 0.500. The molecule has 0 aliphatic carbocycles. The molecule has 0 N–H and O–H groups in total. The average molecular weight is 317 g/mol. The second-order valence-electron chi connectivity index (χ2n) is 5.03. The topological polar surface area (TPSA) is 35.5 Å². The molecule has 0 bridgehead atoms. The number of halogens is 2. The largest absolute Gasteiger partial charge is 0.489 e. The van der Waals surface area contributed by atoms with Gasteiger partial charge in [-0.1, -0.05) is 37.8 Å². The number of unbranched alkanes of at least 4 members (excludes halogenated alkanes) is 3. The van der Waals surface area contributed by atoms with Crippen LogP contribution in [0.1, 0.15) is 56.3 Å². The molecule has 118 valence electrons. The normalized spacial score (nSPS) is 12.0. The molecule has 0 heterocycles. The molecule has 0 spiro atoms. The fourth-order valence-corrected chi connectivity index (χ4v) is 2.23. The lowest BCUT2D eigenvalue weighted by molar-refractivity contribution is 0.0595. The van der Waals surface area contributed by atoms with Crippen LogP contribution in [-0.2, 0) is 4.74 Å². The Kier molecular flexibility index (Phi) is 7.51. The van der Waals surface area contributed by atoms with Gasteiger partial charge in [-0.15, -0.1) is 0 Å². The number of hydrogen-bond donors (Lipinski definition) is 0. The molecule has 1 rings (SSSR count). The summed E-state index contributed by atoms with van der Waals surface area (Å²) in [4.78, 5) is 11.4. The van der Waals surface area contributed by atoms with E-state index < -0.39 is 11.8 Å². The van der Waals surface area contributed by atoms with E-state index in [9.17, 15) is 9.18 Å². The SMILES string of the molecule is CCCCCC[C@@H](C)Oc1cc(F)c(C(=O)OC)cc1Cl. The lowest BCUT2D eigenvalue weighted by Gasteiger charge is -2.16. The maximum atomic E-state index is 13.8. The third kappa shape index (κ3) is 5.54. The highest BCUT2D eigenvalue weighted by Crippen LogP contribution is 2.29. The number of methoxy groups -OCH3 is 1. The molecule has 0 radical (unpaired) electrons. The van der Waals surface area contributed by atoms with Gasteiger partial charge < -0.3 is 9.47 Å². The molecule has 0 amide bonds. The number of benzene rings is 1. The number of esters is 1. The van der Waals surface area contributed by atoms with Gasteiger partial charge in [0.25, 0.3) is 0 Å². The first-order valence-electron chi connectivity index (χ1n) is 7.23. The number of carbonyl (C=O) groups is 1. The van der Waals surface area contributed by atoms with Crippen molar-refractivity contribution in [2.24, 2.45) is 0 Å². The van der Waals surface area contributed by atoms with Gasteiger partial charge in [-0.05, 0) is 25.8 Å². The van der Waals surface area contributed by atoms with Gasteiger partial charge in [0.05, 0.1) is 23.8 Å². The molecule has 3 nitrogen and oxygen atoms in total. The molecule has 0 aliphatic heterocycles. The van der Waals surface area contributed by atoms with Crippen molar-refractivity contribution < 1.29 is 18.7 Å². The summed E-state index contributed by atoms with van der Waals surface area (Å²) in [5, 5.41) is 0.206. The summed E-state index contributed by atoms with van der Waals surface area (Å²) in [6.07, 6.45) is 5.44. The summed E-state index contributed by atoms with van der Waals surface area (Å²) in [5.41, 5.74) is -0.189. The predicted molar refractivity (Wildman–Crippen MR) is 81.6 cm³/mol. The fraction of sp³-hybridized carbons (Fsp3) is 0.562. The lowest BCUT2D eigenvalue weighted by Crippen LogP contribution is -2.13. The second-order valence-corrected chi connectivity index (χ2v) is 5.44. The van der Waals surface area contributed by atoms with Crippen LogP contribution in [-0.4, -0.2) is 19.2 Å². The standard InChI is InChI=1S/C16H22ClFO3/c1-4-5-6-7-8-11(2)21-15-10-14(18)12(9-13(15)17)16(19)20-3/h9-11H,4-8H2,1-3H3/t11-/m1/s1. The van der Waals surface area contributed by atoms with E-state index in [1.165, 1.54) is 26.0 Å². The third-order valence-electron chi connectivity index (χ3n) is 3.22. The van der Waals surface area contributed by atoms with Crippen LogP contribution in [0, 0.1) is 5.82 Å². The minimum Gasteiger partial charge on any atom is -0.489 e. The lowest BCUT2D eigenvalue weighted by atomic mass is 10.1. The van der Waals surface area contributed by atoms with E-state index >= 15 is 0 Å². The van der Waals surface area contributed by atoms with E-state index in [4.69, 9.17) is 16.3 Å². The first kappa shape index (κ1) is 17.8. The van der Waals surface area contributed by atoms with Gasteiger partial charge in [-0.2, -0.15) is 0 Å². The molecule has 0 fully saturated rings. The Labute approximate surface area is 130 Å². The van der Waals surface area contributed by atoms with Crippen LogP contribution >= 0.6 is 11.6 Å². The van der Waals surface area contributed by atoms with E-state index in [1.54, 1.807) is 0 Å². The van der Waals surface area contributed by atoms with Gasteiger partial charge in [0.2, 0.25) is 0 Å². The summed E-state index contributed by atoms with van der Waals surface area (Å²) in [6.45, 7) is 4.08. The molecular weight excluding hydrogens is 295 g/mol. The Morgan fingerprint density at radius 2 is 2.05 bits per heavy atom. The monoisotopic (exact) mass is 316 g/mol. The van der Waals surface area contributed by atoms with Crippen molar-refractivity contribution in [2.45, 2.75) is 52.1 Å². The third-order valence-corrected chi connectivity index (χ3v) is 3.51. The van der Waals surface area contributed by atoms with Crippen LogP contribution in [0.2, 0.25) is 5.02 Å². The minimum atomic E-state index is -0.756. The summed E-state index contributed by atoms with van der Waals surface area (Å²) >= 11 is 6.03. The van der Waals surface area contributed by atoms with Gasteiger partial charge >= 0.3 is 5.97 Å². The number of carbonyl (C=O) groups excluding carboxylic acids is 1. The number of rotatable bonds is 8. The summed E-state index contributed by atoms with van der Waals surface area (Å²) in [5.74, 6) is -1.20. The molecule has 1 atom stereocenters. The van der Waals surface area contributed by atoms with Crippen molar-refractivity contribution in [3.05, 3.63) is 28.5 Å². The average Bonchev–Trinajstić information content (AvgIpc) is 2.46. The highest BCUT2D eigenvalue weighted by molar-refractivity contribution is 6.32. The van der Waals surface area contributed by atoms with E-state index in [1.807, 2.05) is 6.92 Å². The Morgan fingerprint density at radius 3 is 2.67 bits per heavy atom. The van der Waals surface area contributed by atoms with Gasteiger partial charge in [0, 0.05) is 6.07 Å². The molecule has 0 aliphatic rings. The molecule has 0 aromatic heterocycles. The van der Waals surface area contributed by atoms with Crippen LogP contribution in [0.4, 0.5) is 4.39 Å². The number of ether oxygens (including phenoxy) is 2. The molecule has 0 saturated heterocycles. The molecule has 21 heavy (non-hydrogen) atoms. The molecule has 5 heteroatoms. The van der Waals surface area contributed by atoms with Crippen molar-refractivity contribution in [3.8, 4) is 5.75 Å². The van der Waals surface area contributed by atoms with Crippen molar-refractivity contribution in [1.29, 1.82) is 0 Å². The molecule has 1 aromatic carbocycles. The maximum absolute atomic E-state index is 13.8. The molecular formula is C16H22ClFO3. The van der Waals surface area contributed by atoms with Crippen molar-refractivity contribution in [3.63, 3.8) is 0 Å². The second kappa shape index (κ2) is 8.88. The van der Waals surface area contributed by atoms with Crippen LogP contribution in [0.5, 0.6) is 5.75 Å². The Hall–Kier alpha value is -1.29. The van der Waals surface area contributed by atoms with E-state index in [0.717, 1.165) is 25.3 Å². The highest BCUT2D eigenvalue weighted by Gasteiger charge is 2.17. The first-order valence-corrected chi connectivity index (χ1v) is 7.61. The van der Waals surface area contributed by atoms with Crippen LogP contribution in [0.25, 0.3) is 0 Å². The van der Waals surface area contributed by atoms with E-state index in [-0.39, 0.29) is 22.4 Å². The predicted octanol–water partition coefficient (Wildman–Crippen LogP) is 5.00. The Balaban J connectivity index is 2.67.